The molecular weight excluding hydrogens is 160 g/mol. The fourth-order valence-corrected chi connectivity index (χ4v) is 2.22. The highest BCUT2D eigenvalue weighted by atomic mass is 16.3. The van der Waals surface area contributed by atoms with Crippen molar-refractivity contribution in [2.45, 2.75) is 32.3 Å². The molecule has 2 rings (SSSR count). The first-order valence-electron chi connectivity index (χ1n) is 4.95. The average Bonchev–Trinajstić information content (AvgIpc) is 2.47. The summed E-state index contributed by atoms with van der Waals surface area (Å²) in [5, 5.41) is 10.4. The lowest BCUT2D eigenvalue weighted by Crippen LogP contribution is -2.28. The van der Waals surface area contributed by atoms with E-state index in [1.165, 1.54) is 5.56 Å². The van der Waals surface area contributed by atoms with Crippen LogP contribution in [0, 0.1) is 5.92 Å². The van der Waals surface area contributed by atoms with Crippen molar-refractivity contribution in [3.05, 3.63) is 35.4 Å². The minimum absolute atomic E-state index is 0.302. The molecule has 13 heavy (non-hydrogen) atoms. The smallest absolute Gasteiger partial charge is 0.0925 e. The Labute approximate surface area is 79.4 Å². The molecule has 1 unspecified atom stereocenters. The molecule has 1 aliphatic carbocycles. The molecule has 0 saturated heterocycles. The molecule has 0 spiro atoms. The van der Waals surface area contributed by atoms with Gasteiger partial charge in [-0.25, -0.2) is 0 Å². The number of hydrogen-bond donors (Lipinski definition) is 1. The van der Waals surface area contributed by atoms with Gasteiger partial charge in [0.25, 0.3) is 0 Å². The predicted molar refractivity (Wildman–Crippen MR) is 53.5 cm³/mol. The largest absolute Gasteiger partial charge is 0.385 e. The molecule has 1 heteroatoms. The van der Waals surface area contributed by atoms with E-state index in [-0.39, 0.29) is 0 Å². The molecule has 1 aromatic carbocycles. The Balaban J connectivity index is 2.49. The Hall–Kier alpha value is -0.820. The molecular formula is C12H16O. The zero-order valence-electron chi connectivity index (χ0n) is 8.25. The Morgan fingerprint density at radius 3 is 2.69 bits per heavy atom. The summed E-state index contributed by atoms with van der Waals surface area (Å²) in [6.45, 7) is 4.17. The van der Waals surface area contributed by atoms with Crippen LogP contribution < -0.4 is 0 Å². The number of benzene rings is 1. The Bertz CT molecular complexity index is 317. The molecule has 1 nitrogen and oxygen atoms in total. The molecule has 0 aromatic heterocycles. The van der Waals surface area contributed by atoms with Gasteiger partial charge in [-0.3, -0.25) is 0 Å². The van der Waals surface area contributed by atoms with E-state index in [9.17, 15) is 5.11 Å². The number of aryl methyl sites for hydroxylation is 1. The van der Waals surface area contributed by atoms with Crippen molar-refractivity contribution < 1.29 is 5.11 Å². The van der Waals surface area contributed by atoms with Crippen LogP contribution in [-0.2, 0) is 12.0 Å². The SMILES string of the molecule is CC(C)C1(O)CCc2ccccc21. The van der Waals surface area contributed by atoms with Gasteiger partial charge in [0.2, 0.25) is 0 Å². The maximum atomic E-state index is 10.4. The number of aliphatic hydroxyl groups is 1. The highest BCUT2D eigenvalue weighted by molar-refractivity contribution is 5.37. The number of hydrogen-bond acceptors (Lipinski definition) is 1. The van der Waals surface area contributed by atoms with E-state index in [0.717, 1.165) is 18.4 Å². The van der Waals surface area contributed by atoms with E-state index in [1.54, 1.807) is 0 Å². The van der Waals surface area contributed by atoms with Crippen molar-refractivity contribution in [2.24, 2.45) is 5.92 Å². The molecule has 0 aliphatic heterocycles. The Kier molecular flexibility index (Phi) is 1.92. The van der Waals surface area contributed by atoms with E-state index < -0.39 is 5.60 Å². The van der Waals surface area contributed by atoms with E-state index >= 15 is 0 Å². The van der Waals surface area contributed by atoms with E-state index in [0.29, 0.717) is 5.92 Å². The van der Waals surface area contributed by atoms with Gasteiger partial charge >= 0.3 is 0 Å². The Morgan fingerprint density at radius 1 is 1.31 bits per heavy atom. The minimum Gasteiger partial charge on any atom is -0.385 e. The third kappa shape index (κ3) is 1.19. The summed E-state index contributed by atoms with van der Waals surface area (Å²) in [5.41, 5.74) is 1.89. The zero-order valence-corrected chi connectivity index (χ0v) is 8.25. The van der Waals surface area contributed by atoms with Gasteiger partial charge in [-0.05, 0) is 29.9 Å². The van der Waals surface area contributed by atoms with Crippen molar-refractivity contribution in [3.8, 4) is 0 Å². The third-order valence-electron chi connectivity index (χ3n) is 3.21. The average molecular weight is 176 g/mol. The van der Waals surface area contributed by atoms with E-state index in [1.807, 2.05) is 12.1 Å². The van der Waals surface area contributed by atoms with Crippen molar-refractivity contribution in [1.29, 1.82) is 0 Å². The zero-order chi connectivity index (χ0) is 9.47. The van der Waals surface area contributed by atoms with Crippen LogP contribution in [-0.4, -0.2) is 5.11 Å². The van der Waals surface area contributed by atoms with Gasteiger partial charge < -0.3 is 5.11 Å². The first-order valence-corrected chi connectivity index (χ1v) is 4.95. The maximum absolute atomic E-state index is 10.4. The summed E-state index contributed by atoms with van der Waals surface area (Å²) in [6.07, 6.45) is 1.90. The van der Waals surface area contributed by atoms with Crippen molar-refractivity contribution in [3.63, 3.8) is 0 Å². The third-order valence-corrected chi connectivity index (χ3v) is 3.21. The van der Waals surface area contributed by atoms with Gasteiger partial charge in [-0.1, -0.05) is 38.1 Å². The lowest BCUT2D eigenvalue weighted by molar-refractivity contribution is -0.00818. The topological polar surface area (TPSA) is 20.2 Å². The second-order valence-corrected chi connectivity index (χ2v) is 4.24. The van der Waals surface area contributed by atoms with Crippen LogP contribution in [0.15, 0.2) is 24.3 Å². The lowest BCUT2D eigenvalue weighted by Gasteiger charge is -2.28. The summed E-state index contributed by atoms with van der Waals surface area (Å²) in [7, 11) is 0. The van der Waals surface area contributed by atoms with Crippen molar-refractivity contribution >= 4 is 0 Å². The molecule has 70 valence electrons. The Morgan fingerprint density at radius 2 is 2.00 bits per heavy atom. The number of rotatable bonds is 1. The normalized spacial score (nSPS) is 26.5. The first-order chi connectivity index (χ1) is 6.14. The summed E-state index contributed by atoms with van der Waals surface area (Å²) >= 11 is 0. The highest BCUT2D eigenvalue weighted by Crippen LogP contribution is 2.41. The van der Waals surface area contributed by atoms with Crippen molar-refractivity contribution in [1.82, 2.24) is 0 Å². The fraction of sp³-hybridized carbons (Fsp3) is 0.500. The summed E-state index contributed by atoms with van der Waals surface area (Å²) in [6, 6.07) is 8.24. The minimum atomic E-state index is -0.573. The number of fused-ring (bicyclic) bond motifs is 1. The van der Waals surface area contributed by atoms with Crippen LogP contribution >= 0.6 is 0 Å². The summed E-state index contributed by atoms with van der Waals surface area (Å²) in [4.78, 5) is 0. The molecule has 1 N–H and O–H groups in total. The molecule has 0 radical (unpaired) electrons. The van der Waals surface area contributed by atoms with Gasteiger partial charge in [-0.15, -0.1) is 0 Å². The van der Waals surface area contributed by atoms with Crippen LogP contribution in [0.2, 0.25) is 0 Å². The molecule has 1 atom stereocenters. The lowest BCUT2D eigenvalue weighted by atomic mass is 9.85. The molecule has 1 aliphatic rings. The van der Waals surface area contributed by atoms with Gasteiger partial charge in [0.05, 0.1) is 5.60 Å². The van der Waals surface area contributed by atoms with Gasteiger partial charge in [0.1, 0.15) is 0 Å². The van der Waals surface area contributed by atoms with Gasteiger partial charge in [0.15, 0.2) is 0 Å². The first kappa shape index (κ1) is 8.76. The second kappa shape index (κ2) is 2.85. The molecule has 0 amide bonds. The molecule has 0 heterocycles. The van der Waals surface area contributed by atoms with Gasteiger partial charge in [-0.2, -0.15) is 0 Å². The summed E-state index contributed by atoms with van der Waals surface area (Å²) in [5.74, 6) is 0.302. The second-order valence-electron chi connectivity index (χ2n) is 4.24. The molecule has 0 bridgehead atoms. The molecule has 0 saturated carbocycles. The van der Waals surface area contributed by atoms with Crippen LogP contribution in [0.5, 0.6) is 0 Å². The summed E-state index contributed by atoms with van der Waals surface area (Å²) < 4.78 is 0. The van der Waals surface area contributed by atoms with Gasteiger partial charge in [0, 0.05) is 0 Å². The van der Waals surface area contributed by atoms with Crippen LogP contribution in [0.25, 0.3) is 0 Å². The predicted octanol–water partition coefficient (Wildman–Crippen LogP) is 2.48. The quantitative estimate of drug-likeness (QED) is 0.697. The molecule has 0 fully saturated rings. The molecule has 1 aromatic rings. The highest BCUT2D eigenvalue weighted by Gasteiger charge is 2.38. The fourth-order valence-electron chi connectivity index (χ4n) is 2.22. The maximum Gasteiger partial charge on any atom is 0.0925 e. The van der Waals surface area contributed by atoms with Crippen molar-refractivity contribution in [2.75, 3.05) is 0 Å². The van der Waals surface area contributed by atoms with Crippen LogP contribution in [0.1, 0.15) is 31.4 Å². The van der Waals surface area contributed by atoms with E-state index in [2.05, 4.69) is 26.0 Å². The van der Waals surface area contributed by atoms with E-state index in [4.69, 9.17) is 0 Å². The van der Waals surface area contributed by atoms with Crippen LogP contribution in [0.3, 0.4) is 0 Å². The van der Waals surface area contributed by atoms with Crippen LogP contribution in [0.4, 0.5) is 0 Å². The monoisotopic (exact) mass is 176 g/mol. The standard InChI is InChI=1S/C12H16O/c1-9(2)12(13)8-7-10-5-3-4-6-11(10)12/h3-6,9,13H,7-8H2,1-2H3.